The van der Waals surface area contributed by atoms with Gasteiger partial charge < -0.3 is 106 Å². The first-order valence-corrected chi connectivity index (χ1v) is 21.6. The van der Waals surface area contributed by atoms with E-state index in [4.69, 9.17) is 52.7 Å². The molecule has 23 nitrogen and oxygen atoms in total. The molecule has 2 aromatic heterocycles. The molecule has 0 radical (unpaired) electrons. The molecule has 2 aliphatic heterocycles. The molecular weight excluding hydrogens is 1050 g/mol. The lowest BCUT2D eigenvalue weighted by Crippen LogP contribution is -2.69. The number of halogens is 4. The Morgan fingerprint density at radius 3 is 1.66 bits per heavy atom. The first kappa shape index (κ1) is 54.6. The van der Waals surface area contributed by atoms with Gasteiger partial charge in [-0.15, -0.1) is 0 Å². The van der Waals surface area contributed by atoms with E-state index >= 15 is 0 Å². The van der Waals surface area contributed by atoms with Crippen LogP contribution in [0, 0.1) is 0 Å². The standard InChI is InChI=1S/C19H24BrClN2O9.C11H21NO9.C8H5BrClNO/c1-7(25)23-15-10(26)4-19(18(29)30,32-17(15)16(28)11(27)6-24)31-12-5-22-9-3-2-8(20)14(21)13(9)12;1-4(14)12-7-5(15)2-11(20,10(18)19)21-9(7)8(17)6(16)3-13;9-4-1-2-5-7(8(4)10)6(12)3-11-5/h2-3,5,10-11,15-18,22,24,26-30H,4,6H2,1H3,(H,23,25);5-10,13,15-20H,2-3H2,1H3,(H,12,14);1-3,11-12H/t10?,11-,15?,16-,17?,19?;5?,6-,7?,8-,9?,11?;/m11./s1. The zero-order chi connectivity index (χ0) is 48.9. The summed E-state index contributed by atoms with van der Waals surface area (Å²) in [5.74, 6) is -5.82. The minimum Gasteiger partial charge on any atom is -0.506 e. The Labute approximate surface area is 395 Å². The second kappa shape index (κ2) is 22.9. The number of aromatic nitrogens is 2. The van der Waals surface area contributed by atoms with Gasteiger partial charge in [-0.2, -0.15) is 0 Å². The van der Waals surface area contributed by atoms with E-state index in [1.165, 1.54) is 19.3 Å². The summed E-state index contributed by atoms with van der Waals surface area (Å²) in [6.45, 7) is 0.611. The number of benzene rings is 2. The zero-order valence-corrected chi connectivity index (χ0v) is 38.7. The average molecular weight is 1100 g/mol. The molecule has 6 rings (SSSR count). The quantitative estimate of drug-likeness (QED) is 0.0681. The van der Waals surface area contributed by atoms with Crippen molar-refractivity contribution in [3.63, 3.8) is 0 Å². The van der Waals surface area contributed by atoms with E-state index in [1.807, 2.05) is 12.1 Å². The lowest BCUT2D eigenvalue weighted by Gasteiger charge is -2.48. The van der Waals surface area contributed by atoms with E-state index in [-0.39, 0.29) is 16.5 Å². The maximum atomic E-state index is 11.6. The molecule has 0 spiro atoms. The summed E-state index contributed by atoms with van der Waals surface area (Å²) in [5, 5.41) is 143. The van der Waals surface area contributed by atoms with Crippen molar-refractivity contribution in [1.29, 1.82) is 0 Å². The topological polar surface area (TPSA) is 401 Å². The third-order valence-corrected chi connectivity index (χ3v) is 12.8. The lowest BCUT2D eigenvalue weighted by atomic mass is 9.88. The van der Waals surface area contributed by atoms with Crippen molar-refractivity contribution in [1.82, 2.24) is 20.6 Å². The number of hydrogen-bond acceptors (Lipinski definition) is 19. The van der Waals surface area contributed by atoms with Gasteiger partial charge in [0.2, 0.25) is 30.2 Å². The monoisotopic (exact) mass is 1090 g/mol. The molecule has 364 valence electrons. The van der Waals surface area contributed by atoms with Crippen LogP contribution in [0.1, 0.15) is 26.7 Å². The summed E-state index contributed by atoms with van der Waals surface area (Å²) >= 11 is 18.9. The number of amides is 2. The van der Waals surface area contributed by atoms with Crippen LogP contribution in [0.3, 0.4) is 0 Å². The van der Waals surface area contributed by atoms with Crippen LogP contribution in [-0.2, 0) is 19.1 Å². The Hall–Kier alpha value is -3.00. The molecule has 12 atom stereocenters. The van der Waals surface area contributed by atoms with Crippen LogP contribution >= 0.6 is 55.1 Å². The van der Waals surface area contributed by atoms with Gasteiger partial charge in [-0.25, -0.2) is 0 Å². The van der Waals surface area contributed by atoms with Crippen LogP contribution < -0.4 is 15.4 Å². The van der Waals surface area contributed by atoms with E-state index in [2.05, 4.69) is 52.5 Å². The predicted octanol–water partition coefficient (Wildman–Crippen LogP) is -2.02. The first-order chi connectivity index (χ1) is 30.3. The second-order valence-corrected chi connectivity index (χ2v) is 17.5. The number of nitrogens with one attached hydrogen (secondary N) is 4. The highest BCUT2D eigenvalue weighted by molar-refractivity contribution is 9.10. The van der Waals surface area contributed by atoms with Crippen molar-refractivity contribution < 1.29 is 95.3 Å². The second-order valence-electron chi connectivity index (χ2n) is 15.0. The van der Waals surface area contributed by atoms with Gasteiger partial charge in [-0.3, -0.25) is 9.59 Å². The van der Waals surface area contributed by atoms with Crippen LogP contribution in [0.15, 0.2) is 45.6 Å². The number of fused-ring (bicyclic) bond motifs is 2. The van der Waals surface area contributed by atoms with Gasteiger partial charge in [0.05, 0.1) is 69.4 Å². The molecule has 2 aromatic carbocycles. The first-order valence-electron chi connectivity index (χ1n) is 19.3. The van der Waals surface area contributed by atoms with Gasteiger partial charge >= 0.3 is 0 Å². The van der Waals surface area contributed by atoms with Crippen LogP contribution in [0.5, 0.6) is 11.5 Å². The molecule has 2 fully saturated rings. The highest BCUT2D eigenvalue weighted by atomic mass is 79.9. The molecule has 18 N–H and O–H groups in total. The Morgan fingerprint density at radius 2 is 1.20 bits per heavy atom. The maximum Gasteiger partial charge on any atom is 0.264 e. The third-order valence-electron chi connectivity index (χ3n) is 10.3. The minimum atomic E-state index is -2.59. The van der Waals surface area contributed by atoms with Crippen molar-refractivity contribution in [2.24, 2.45) is 0 Å². The zero-order valence-electron chi connectivity index (χ0n) is 34.0. The van der Waals surface area contributed by atoms with Crippen molar-refractivity contribution in [3.8, 4) is 11.5 Å². The van der Waals surface area contributed by atoms with Crippen molar-refractivity contribution in [2.75, 3.05) is 13.2 Å². The van der Waals surface area contributed by atoms with Crippen molar-refractivity contribution >= 4 is 88.7 Å². The van der Waals surface area contributed by atoms with Gasteiger partial charge in [0, 0.05) is 48.0 Å². The molecule has 4 heterocycles. The molecular formula is C38H50Br2Cl2N4O19. The largest absolute Gasteiger partial charge is 0.506 e. The van der Waals surface area contributed by atoms with E-state index in [9.17, 15) is 65.8 Å². The van der Waals surface area contributed by atoms with Crippen molar-refractivity contribution in [3.05, 3.63) is 55.6 Å². The average Bonchev–Trinajstić information content (AvgIpc) is 3.84. The normalized spacial score (nSPS) is 27.5. The molecule has 2 amide bonds. The number of aliphatic hydroxyl groups is 13. The fraction of sp³-hybridized carbons (Fsp3) is 0.526. The molecule has 0 aliphatic carbocycles. The molecule has 8 unspecified atom stereocenters. The molecule has 2 saturated heterocycles. The lowest BCUT2D eigenvalue weighted by molar-refractivity contribution is -0.367. The molecule has 0 bridgehead atoms. The van der Waals surface area contributed by atoms with E-state index in [0.29, 0.717) is 25.8 Å². The number of carbonyl (C=O) groups excluding carboxylic acids is 2. The highest BCUT2D eigenvalue weighted by Crippen LogP contribution is 2.42. The third kappa shape index (κ3) is 12.6. The number of carbonyl (C=O) groups is 2. The van der Waals surface area contributed by atoms with Gasteiger partial charge in [0.25, 0.3) is 5.79 Å². The van der Waals surface area contributed by atoms with E-state index in [1.54, 1.807) is 12.1 Å². The predicted molar refractivity (Wildman–Crippen MR) is 233 cm³/mol. The summed E-state index contributed by atoms with van der Waals surface area (Å²) in [4.78, 5) is 28.6. The fourth-order valence-electron chi connectivity index (χ4n) is 7.02. The number of aromatic amines is 2. The SMILES string of the molecule is CC(=O)NC1C(O)CC(O)(C(O)O)OC1[C@H](O)[C@H](O)CO.CC(=O)NC1C(O)CC(Oc2c[nH]c3ccc(Br)c(Cl)c23)(C(O)O)OC1[C@H](O)[C@H](O)CO.Oc1c[nH]c2ccc(Br)c(Cl)c12. The number of H-pyrrole nitrogens is 2. The van der Waals surface area contributed by atoms with Gasteiger partial charge in [0.15, 0.2) is 0 Å². The summed E-state index contributed by atoms with van der Waals surface area (Å²) in [5.41, 5.74) is 1.40. The van der Waals surface area contributed by atoms with E-state index in [0.717, 1.165) is 16.9 Å². The minimum absolute atomic E-state index is 0.0560. The van der Waals surface area contributed by atoms with Crippen LogP contribution in [0.25, 0.3) is 21.8 Å². The molecule has 4 aromatic rings. The Morgan fingerprint density at radius 1 is 0.754 bits per heavy atom. The summed E-state index contributed by atoms with van der Waals surface area (Å²) in [6, 6.07) is 4.61. The number of ether oxygens (including phenoxy) is 3. The van der Waals surface area contributed by atoms with E-state index < -0.39 is 123 Å². The van der Waals surface area contributed by atoms with Gasteiger partial charge in [0.1, 0.15) is 48.1 Å². The highest BCUT2D eigenvalue weighted by Gasteiger charge is 2.56. The Balaban J connectivity index is 0.000000238. The van der Waals surface area contributed by atoms with Crippen molar-refractivity contribution in [2.45, 2.75) is 112 Å². The van der Waals surface area contributed by atoms with Gasteiger partial charge in [-0.05, 0) is 56.1 Å². The molecule has 0 saturated carbocycles. The number of hydrogen-bond donors (Lipinski definition) is 18. The van der Waals surface area contributed by atoms with Crippen LogP contribution in [0.2, 0.25) is 10.0 Å². The number of aliphatic hydroxyl groups excluding tert-OH is 10. The molecule has 27 heteroatoms. The fourth-order valence-corrected chi connectivity index (χ4v) is 8.20. The molecule has 65 heavy (non-hydrogen) atoms. The number of aromatic hydroxyl groups is 1. The smallest absolute Gasteiger partial charge is 0.264 e. The Kier molecular flexibility index (Phi) is 19.2. The molecule has 2 aliphatic rings. The Bertz CT molecular complexity index is 2240. The summed E-state index contributed by atoms with van der Waals surface area (Å²) < 4.78 is 17.8. The van der Waals surface area contributed by atoms with Gasteiger partial charge in [-0.1, -0.05) is 23.2 Å². The number of rotatable bonds is 12. The maximum absolute atomic E-state index is 11.6. The summed E-state index contributed by atoms with van der Waals surface area (Å²) in [6.07, 6.45) is -16.1. The van der Waals surface area contributed by atoms with Crippen LogP contribution in [0.4, 0.5) is 0 Å². The van der Waals surface area contributed by atoms with Crippen LogP contribution in [-0.4, -0.2) is 192 Å². The summed E-state index contributed by atoms with van der Waals surface area (Å²) in [7, 11) is 0.